The van der Waals surface area contributed by atoms with E-state index in [0.29, 0.717) is 11.6 Å². The highest BCUT2D eigenvalue weighted by molar-refractivity contribution is 7.99. The molecule has 0 bridgehead atoms. The van der Waals surface area contributed by atoms with Gasteiger partial charge in [-0.25, -0.2) is 4.98 Å². The van der Waals surface area contributed by atoms with Crippen molar-refractivity contribution in [2.75, 3.05) is 36.5 Å². The Morgan fingerprint density at radius 1 is 1.46 bits per heavy atom. The van der Waals surface area contributed by atoms with Gasteiger partial charge in [0.25, 0.3) is 0 Å². The fourth-order valence-corrected chi connectivity index (χ4v) is 4.89. The number of ether oxygens (including phenoxy) is 1. The maximum atomic E-state index is 12.1. The van der Waals surface area contributed by atoms with Crippen LogP contribution in [0.1, 0.15) is 26.0 Å². The zero-order chi connectivity index (χ0) is 16.9. The van der Waals surface area contributed by atoms with Crippen LogP contribution >= 0.6 is 23.1 Å². The third-order valence-corrected chi connectivity index (χ3v) is 6.05. The van der Waals surface area contributed by atoms with Crippen LogP contribution in [-0.2, 0) is 16.1 Å². The largest absolute Gasteiger partial charge is 0.373 e. The molecule has 1 amide bonds. The molecule has 6 nitrogen and oxygen atoms in total. The molecular weight excluding hydrogens is 344 g/mol. The second kappa shape index (κ2) is 8.62. The molecule has 0 spiro atoms. The lowest BCUT2D eigenvalue weighted by atomic mass is 10.2. The summed E-state index contributed by atoms with van der Waals surface area (Å²) in [6.45, 7) is 7.86. The van der Waals surface area contributed by atoms with Crippen LogP contribution in [0.25, 0.3) is 0 Å². The highest BCUT2D eigenvalue weighted by Gasteiger charge is 2.23. The first kappa shape index (κ1) is 18.1. The van der Waals surface area contributed by atoms with E-state index >= 15 is 0 Å². The van der Waals surface area contributed by atoms with Gasteiger partial charge >= 0.3 is 0 Å². The first-order chi connectivity index (χ1) is 11.6. The van der Waals surface area contributed by atoms with E-state index in [-0.39, 0.29) is 24.2 Å². The van der Waals surface area contributed by atoms with E-state index < -0.39 is 0 Å². The summed E-state index contributed by atoms with van der Waals surface area (Å²) in [5, 5.41) is 9.07. The van der Waals surface area contributed by atoms with Gasteiger partial charge in [-0.05, 0) is 13.8 Å². The van der Waals surface area contributed by atoms with E-state index in [9.17, 15) is 4.79 Å². The molecule has 2 N–H and O–H groups in total. The number of nitrogens with one attached hydrogen (secondary N) is 2. The molecule has 0 aliphatic carbocycles. The number of carbonyl (C=O) groups excluding carboxylic acids is 1. The lowest BCUT2D eigenvalue weighted by Gasteiger charge is -2.34. The maximum absolute atomic E-state index is 12.1. The molecular formula is C16H26N4O2S2. The second-order valence-corrected chi connectivity index (χ2v) is 8.58. The van der Waals surface area contributed by atoms with Gasteiger partial charge in [0, 0.05) is 55.5 Å². The molecule has 8 heteroatoms. The van der Waals surface area contributed by atoms with Crippen molar-refractivity contribution < 1.29 is 9.53 Å². The zero-order valence-corrected chi connectivity index (χ0v) is 15.9. The van der Waals surface area contributed by atoms with Crippen molar-refractivity contribution >= 4 is 34.1 Å². The first-order valence-electron chi connectivity index (χ1n) is 8.51. The summed E-state index contributed by atoms with van der Waals surface area (Å²) in [5.41, 5.74) is 1.02. The highest BCUT2D eigenvalue weighted by Crippen LogP contribution is 2.20. The SMILES string of the molecule is CC1CN(Cc2csc(NC(=O)CC3CSCCN3)n2)CC(C)O1. The van der Waals surface area contributed by atoms with Crippen molar-refractivity contribution in [2.45, 2.75) is 45.1 Å². The Morgan fingerprint density at radius 3 is 2.96 bits per heavy atom. The minimum atomic E-state index is 0.0458. The minimum Gasteiger partial charge on any atom is -0.373 e. The lowest BCUT2D eigenvalue weighted by molar-refractivity contribution is -0.116. The van der Waals surface area contributed by atoms with Crippen LogP contribution in [0.3, 0.4) is 0 Å². The number of rotatable bonds is 5. The maximum Gasteiger partial charge on any atom is 0.227 e. The molecule has 2 saturated heterocycles. The number of hydrogen-bond acceptors (Lipinski definition) is 7. The van der Waals surface area contributed by atoms with Crippen molar-refractivity contribution in [3.05, 3.63) is 11.1 Å². The van der Waals surface area contributed by atoms with E-state index in [0.717, 1.165) is 43.4 Å². The van der Waals surface area contributed by atoms with Crippen LogP contribution in [0.5, 0.6) is 0 Å². The second-order valence-electron chi connectivity index (χ2n) is 6.57. The third kappa shape index (κ3) is 5.42. The van der Waals surface area contributed by atoms with Gasteiger partial charge in [-0.15, -0.1) is 11.3 Å². The number of carbonyl (C=O) groups is 1. The molecule has 24 heavy (non-hydrogen) atoms. The molecule has 1 aromatic heterocycles. The molecule has 2 aliphatic heterocycles. The number of nitrogens with zero attached hydrogens (tertiary/aromatic N) is 2. The van der Waals surface area contributed by atoms with Crippen molar-refractivity contribution in [3.63, 3.8) is 0 Å². The van der Waals surface area contributed by atoms with Crippen molar-refractivity contribution in [2.24, 2.45) is 0 Å². The van der Waals surface area contributed by atoms with Crippen LogP contribution in [0.2, 0.25) is 0 Å². The van der Waals surface area contributed by atoms with Gasteiger partial charge in [0.2, 0.25) is 5.91 Å². The lowest BCUT2D eigenvalue weighted by Crippen LogP contribution is -2.44. The molecule has 3 rings (SSSR count). The quantitative estimate of drug-likeness (QED) is 0.824. The summed E-state index contributed by atoms with van der Waals surface area (Å²) < 4.78 is 5.76. The van der Waals surface area contributed by atoms with Crippen LogP contribution < -0.4 is 10.6 Å². The van der Waals surface area contributed by atoms with Crippen LogP contribution in [-0.4, -0.2) is 65.2 Å². The monoisotopic (exact) mass is 370 g/mol. The normalized spacial score (nSPS) is 28.7. The Morgan fingerprint density at radius 2 is 2.25 bits per heavy atom. The minimum absolute atomic E-state index is 0.0458. The molecule has 1 aromatic rings. The summed E-state index contributed by atoms with van der Waals surface area (Å²) in [6, 6.07) is 0.277. The van der Waals surface area contributed by atoms with E-state index in [1.54, 1.807) is 0 Å². The first-order valence-corrected chi connectivity index (χ1v) is 10.5. The number of thioether (sulfide) groups is 1. The van der Waals surface area contributed by atoms with Crippen molar-refractivity contribution in [1.82, 2.24) is 15.2 Å². The average molecular weight is 371 g/mol. The van der Waals surface area contributed by atoms with Gasteiger partial charge in [0.15, 0.2) is 5.13 Å². The van der Waals surface area contributed by atoms with Gasteiger partial charge in [0.1, 0.15) is 0 Å². The summed E-state index contributed by atoms with van der Waals surface area (Å²) in [4.78, 5) is 19.1. The van der Waals surface area contributed by atoms with E-state index in [1.165, 1.54) is 11.3 Å². The van der Waals surface area contributed by atoms with Gasteiger partial charge in [0.05, 0.1) is 17.9 Å². The molecule has 3 unspecified atom stereocenters. The third-order valence-electron chi connectivity index (χ3n) is 4.11. The average Bonchev–Trinajstić information content (AvgIpc) is 2.94. The van der Waals surface area contributed by atoms with Gasteiger partial charge in [-0.3, -0.25) is 9.69 Å². The van der Waals surface area contributed by atoms with Crippen molar-refractivity contribution in [3.8, 4) is 0 Å². The number of thiazole rings is 1. The zero-order valence-electron chi connectivity index (χ0n) is 14.3. The molecule has 3 heterocycles. The number of amides is 1. The van der Waals surface area contributed by atoms with Crippen LogP contribution in [0.4, 0.5) is 5.13 Å². The molecule has 0 radical (unpaired) electrons. The summed E-state index contributed by atoms with van der Waals surface area (Å²) in [5.74, 6) is 2.18. The highest BCUT2D eigenvalue weighted by atomic mass is 32.2. The predicted molar refractivity (Wildman–Crippen MR) is 99.8 cm³/mol. The fraction of sp³-hybridized carbons (Fsp3) is 0.750. The topological polar surface area (TPSA) is 66.5 Å². The summed E-state index contributed by atoms with van der Waals surface area (Å²) in [6.07, 6.45) is 1.03. The molecule has 3 atom stereocenters. The standard InChI is InChI=1S/C16H26N4O2S2/c1-11-6-20(7-12(2)22-11)8-14-10-24-16(18-14)19-15(21)5-13-9-23-4-3-17-13/h10-13,17H,3-9H2,1-2H3,(H,18,19,21). The summed E-state index contributed by atoms with van der Waals surface area (Å²) in [7, 11) is 0. The predicted octanol–water partition coefficient (Wildman–Crippen LogP) is 1.79. The molecule has 2 fully saturated rings. The van der Waals surface area contributed by atoms with Gasteiger partial charge < -0.3 is 15.4 Å². The van der Waals surface area contributed by atoms with Gasteiger partial charge in [-0.2, -0.15) is 11.8 Å². The Balaban J connectivity index is 1.47. The number of morpholine rings is 1. The molecule has 2 aliphatic rings. The van der Waals surface area contributed by atoms with E-state index in [4.69, 9.17) is 4.74 Å². The Bertz CT molecular complexity index is 538. The number of aromatic nitrogens is 1. The van der Waals surface area contributed by atoms with E-state index in [2.05, 4.69) is 34.4 Å². The number of hydrogen-bond donors (Lipinski definition) is 2. The molecule has 134 valence electrons. The molecule has 0 saturated carbocycles. The van der Waals surface area contributed by atoms with Crippen LogP contribution in [0.15, 0.2) is 5.38 Å². The Kier molecular flexibility index (Phi) is 6.51. The molecule has 0 aromatic carbocycles. The fourth-order valence-electron chi connectivity index (χ4n) is 3.22. The van der Waals surface area contributed by atoms with E-state index in [1.807, 2.05) is 17.1 Å². The van der Waals surface area contributed by atoms with Gasteiger partial charge in [-0.1, -0.05) is 0 Å². The summed E-state index contributed by atoms with van der Waals surface area (Å²) >= 11 is 3.41. The van der Waals surface area contributed by atoms with Crippen LogP contribution in [0, 0.1) is 0 Å². The Hall–Kier alpha value is -0.670. The number of anilines is 1. The van der Waals surface area contributed by atoms with Crippen molar-refractivity contribution in [1.29, 1.82) is 0 Å². The Labute approximate surface area is 151 Å². The smallest absolute Gasteiger partial charge is 0.227 e.